The van der Waals surface area contributed by atoms with Gasteiger partial charge in [-0.1, -0.05) is 45.9 Å². The fourth-order valence-electron chi connectivity index (χ4n) is 2.86. The number of aromatic nitrogens is 1. The van der Waals surface area contributed by atoms with Crippen molar-refractivity contribution in [3.63, 3.8) is 0 Å². The van der Waals surface area contributed by atoms with Crippen molar-refractivity contribution in [2.75, 3.05) is 20.6 Å². The Labute approximate surface area is 243 Å². The molecule has 2 atom stereocenters. The summed E-state index contributed by atoms with van der Waals surface area (Å²) in [6.07, 6.45) is -9.15. The van der Waals surface area contributed by atoms with Crippen molar-refractivity contribution in [1.29, 1.82) is 0 Å². The number of esters is 1. The quantitative estimate of drug-likeness (QED) is 0.215. The van der Waals surface area contributed by atoms with Crippen LogP contribution in [0.15, 0.2) is 30.5 Å². The number of hydrogen-bond donors (Lipinski definition) is 3. The van der Waals surface area contributed by atoms with Crippen LogP contribution in [0.3, 0.4) is 0 Å². The Balaban J connectivity index is 0.00000104. The molecule has 0 aliphatic heterocycles. The fraction of sp³-hybridized carbons (Fsp3) is 0.538. The van der Waals surface area contributed by atoms with E-state index < -0.39 is 48.7 Å². The van der Waals surface area contributed by atoms with Gasteiger partial charge in [0.15, 0.2) is 0 Å². The lowest BCUT2D eigenvalue weighted by molar-refractivity contribution is -0.193. The lowest BCUT2D eigenvalue weighted by Crippen LogP contribution is -2.41. The maximum Gasteiger partial charge on any atom is 0.490 e. The van der Waals surface area contributed by atoms with Crippen LogP contribution in [-0.2, 0) is 30.3 Å². The second-order valence-electron chi connectivity index (χ2n) is 9.90. The summed E-state index contributed by atoms with van der Waals surface area (Å²) in [5.74, 6) is -6.37. The van der Waals surface area contributed by atoms with E-state index >= 15 is 0 Å². The first-order valence-corrected chi connectivity index (χ1v) is 12.5. The first-order chi connectivity index (χ1) is 19.5. The molecule has 11 nitrogen and oxygen atoms in total. The van der Waals surface area contributed by atoms with Crippen LogP contribution in [0.1, 0.15) is 33.3 Å². The number of aliphatic carboxylic acids is 2. The number of para-hydroxylation sites is 1. The molecular formula is C26H35F6N3O8. The third kappa shape index (κ3) is 13.8. The molecule has 0 bridgehead atoms. The molecule has 244 valence electrons. The number of likely N-dealkylation sites (N-methyl/N-ethyl adjacent to an activating group) is 1. The molecule has 4 N–H and O–H groups in total. The topological polar surface area (TPSA) is 161 Å². The number of carboxylic acid groups (broad SMARTS) is 2. The van der Waals surface area contributed by atoms with Gasteiger partial charge in [-0.3, -0.25) is 9.36 Å². The minimum Gasteiger partial charge on any atom is -0.475 e. The smallest absolute Gasteiger partial charge is 0.475 e. The van der Waals surface area contributed by atoms with E-state index in [4.69, 9.17) is 35.0 Å². The number of halogens is 6. The Morgan fingerprint density at radius 3 is 1.74 bits per heavy atom. The normalized spacial score (nSPS) is 13.0. The standard InChI is InChI=1S/C22H33N3O4.2C2HF3O2/c1-14(2)19(23)20(26)28-21(15(3)4)29-22(27)25-13-16(11-12-24(5)6)17-9-7-8-10-18(17)25;2*3-2(4,5)1(6)7/h7-10,13-15,19,21H,11-12,23H2,1-6H3;2*(H,6,7)/t19-,21?;;/m0../s1. The van der Waals surface area contributed by atoms with Gasteiger partial charge in [0.1, 0.15) is 6.04 Å². The van der Waals surface area contributed by atoms with Crippen LogP contribution in [0, 0.1) is 11.8 Å². The summed E-state index contributed by atoms with van der Waals surface area (Å²) in [4.78, 5) is 45.0. The molecule has 0 aliphatic carbocycles. The van der Waals surface area contributed by atoms with Gasteiger partial charge in [-0.15, -0.1) is 0 Å². The van der Waals surface area contributed by atoms with Crippen LogP contribution >= 0.6 is 0 Å². The van der Waals surface area contributed by atoms with Gasteiger partial charge in [0.25, 0.3) is 6.29 Å². The van der Waals surface area contributed by atoms with Crippen LogP contribution < -0.4 is 5.73 Å². The van der Waals surface area contributed by atoms with Crippen molar-refractivity contribution in [1.82, 2.24) is 9.47 Å². The number of carboxylic acids is 2. The highest BCUT2D eigenvalue weighted by Crippen LogP contribution is 2.23. The molecule has 1 aromatic carbocycles. The third-order valence-electron chi connectivity index (χ3n) is 5.29. The minimum absolute atomic E-state index is 0.0707. The summed E-state index contributed by atoms with van der Waals surface area (Å²) in [6, 6.07) is 6.93. The first kappa shape index (κ1) is 39.1. The summed E-state index contributed by atoms with van der Waals surface area (Å²) in [7, 11) is 4.02. The zero-order valence-corrected chi connectivity index (χ0v) is 24.2. The van der Waals surface area contributed by atoms with Gasteiger partial charge in [-0.05, 0) is 38.1 Å². The lowest BCUT2D eigenvalue weighted by Gasteiger charge is -2.24. The highest BCUT2D eigenvalue weighted by Gasteiger charge is 2.39. The molecule has 1 aromatic heterocycles. The lowest BCUT2D eigenvalue weighted by atomic mass is 10.1. The zero-order valence-electron chi connectivity index (χ0n) is 24.2. The second-order valence-corrected chi connectivity index (χ2v) is 9.90. The number of fused-ring (bicyclic) bond motifs is 1. The van der Waals surface area contributed by atoms with Crippen molar-refractivity contribution < 1.29 is 65.2 Å². The molecule has 2 rings (SSSR count). The maximum absolute atomic E-state index is 12.9. The molecule has 0 fully saturated rings. The van der Waals surface area contributed by atoms with Crippen molar-refractivity contribution in [3.05, 3.63) is 36.0 Å². The van der Waals surface area contributed by atoms with Gasteiger partial charge in [-0.25, -0.2) is 14.4 Å². The molecule has 2 aromatic rings. The van der Waals surface area contributed by atoms with Gasteiger partial charge in [-0.2, -0.15) is 26.3 Å². The van der Waals surface area contributed by atoms with E-state index in [0.717, 1.165) is 29.4 Å². The van der Waals surface area contributed by atoms with E-state index in [0.29, 0.717) is 0 Å². The van der Waals surface area contributed by atoms with Crippen LogP contribution in [0.5, 0.6) is 0 Å². The first-order valence-electron chi connectivity index (χ1n) is 12.5. The van der Waals surface area contributed by atoms with Gasteiger partial charge in [0.05, 0.1) is 5.52 Å². The van der Waals surface area contributed by atoms with Crippen molar-refractivity contribution >= 4 is 34.9 Å². The molecule has 0 saturated carbocycles. The van der Waals surface area contributed by atoms with Gasteiger partial charge in [0.2, 0.25) is 0 Å². The molecule has 0 saturated heterocycles. The number of ether oxygens (including phenoxy) is 2. The van der Waals surface area contributed by atoms with Crippen LogP contribution in [0.4, 0.5) is 31.1 Å². The van der Waals surface area contributed by atoms with E-state index in [9.17, 15) is 35.9 Å². The average Bonchev–Trinajstić information content (AvgIpc) is 3.24. The molecule has 17 heteroatoms. The zero-order chi connectivity index (χ0) is 33.9. The van der Waals surface area contributed by atoms with Crippen LogP contribution in [0.25, 0.3) is 10.9 Å². The van der Waals surface area contributed by atoms with Crippen molar-refractivity contribution in [3.8, 4) is 0 Å². The number of carbonyl (C=O) groups is 4. The van der Waals surface area contributed by atoms with Crippen molar-refractivity contribution in [2.45, 2.75) is 58.8 Å². The number of benzene rings is 1. The van der Waals surface area contributed by atoms with E-state index in [2.05, 4.69) is 4.90 Å². The van der Waals surface area contributed by atoms with Crippen molar-refractivity contribution in [2.24, 2.45) is 17.6 Å². The second kappa shape index (κ2) is 16.7. The van der Waals surface area contributed by atoms with Gasteiger partial charge < -0.3 is 30.3 Å². The molecule has 1 unspecified atom stereocenters. The van der Waals surface area contributed by atoms with Gasteiger partial charge >= 0.3 is 36.4 Å². The summed E-state index contributed by atoms with van der Waals surface area (Å²) in [6.45, 7) is 8.18. The fourth-order valence-corrected chi connectivity index (χ4v) is 2.86. The molecule has 0 amide bonds. The predicted octanol–water partition coefficient (Wildman–Crippen LogP) is 4.51. The number of carbonyl (C=O) groups excluding carboxylic acids is 2. The summed E-state index contributed by atoms with van der Waals surface area (Å²) >= 11 is 0. The minimum atomic E-state index is -5.08. The molecule has 0 radical (unpaired) electrons. The maximum atomic E-state index is 12.9. The summed E-state index contributed by atoms with van der Waals surface area (Å²) in [5.41, 5.74) is 7.69. The predicted molar refractivity (Wildman–Crippen MR) is 141 cm³/mol. The molecule has 0 aliphatic rings. The summed E-state index contributed by atoms with van der Waals surface area (Å²) < 4.78 is 75.9. The van der Waals surface area contributed by atoms with E-state index in [-0.39, 0.29) is 11.8 Å². The van der Waals surface area contributed by atoms with E-state index in [1.54, 1.807) is 6.20 Å². The monoisotopic (exact) mass is 631 g/mol. The molecular weight excluding hydrogens is 596 g/mol. The SMILES string of the molecule is CC(C)C(OC(=O)[C@@H](N)C(C)C)OC(=O)n1cc(CCN(C)C)c2ccccc21.O=C(O)C(F)(F)F.O=C(O)C(F)(F)F. The number of hydrogen-bond acceptors (Lipinski definition) is 8. The largest absolute Gasteiger partial charge is 0.490 e. The Kier molecular flexibility index (Phi) is 15.2. The Bertz CT molecular complexity index is 1200. The highest BCUT2D eigenvalue weighted by atomic mass is 19.4. The van der Waals surface area contributed by atoms with Gasteiger partial charge in [0, 0.05) is 24.0 Å². The molecule has 1 heterocycles. The number of alkyl halides is 6. The molecule has 0 spiro atoms. The number of rotatable bonds is 8. The molecule has 43 heavy (non-hydrogen) atoms. The van der Waals surface area contributed by atoms with Crippen LogP contribution in [0.2, 0.25) is 0 Å². The van der Waals surface area contributed by atoms with E-state index in [1.807, 2.05) is 66.1 Å². The highest BCUT2D eigenvalue weighted by molar-refractivity contribution is 5.92. The Morgan fingerprint density at radius 2 is 1.35 bits per heavy atom. The summed E-state index contributed by atoms with van der Waals surface area (Å²) in [5, 5.41) is 15.3. The Hall–Kier alpha value is -3.86. The van der Waals surface area contributed by atoms with Crippen LogP contribution in [-0.4, -0.2) is 89.0 Å². The number of nitrogens with two attached hydrogens (primary N) is 1. The Morgan fingerprint density at radius 1 is 0.884 bits per heavy atom. The van der Waals surface area contributed by atoms with E-state index in [1.165, 1.54) is 4.57 Å². The average molecular weight is 632 g/mol. The third-order valence-corrected chi connectivity index (χ3v) is 5.29. The number of nitrogens with zero attached hydrogens (tertiary/aromatic N) is 2.